The van der Waals surface area contributed by atoms with Crippen LogP contribution >= 0.6 is 11.6 Å². The van der Waals surface area contributed by atoms with E-state index in [2.05, 4.69) is 26.5 Å². The molecule has 0 unspecified atom stereocenters. The Bertz CT molecular complexity index is 1090. The Morgan fingerprint density at radius 3 is 2.65 bits per heavy atom. The zero-order valence-electron chi connectivity index (χ0n) is 18.0. The van der Waals surface area contributed by atoms with Gasteiger partial charge in [-0.3, -0.25) is 9.20 Å². The maximum Gasteiger partial charge on any atom is 0.225 e. The van der Waals surface area contributed by atoms with Crippen molar-refractivity contribution in [2.75, 3.05) is 44.8 Å². The van der Waals surface area contributed by atoms with E-state index in [4.69, 9.17) is 22.1 Å². The lowest BCUT2D eigenvalue weighted by atomic mass is 10.0. The largest absolute Gasteiger partial charge is 0.384 e. The van der Waals surface area contributed by atoms with Crippen LogP contribution in [0.2, 0.25) is 5.02 Å². The molecule has 1 saturated heterocycles. The van der Waals surface area contributed by atoms with Gasteiger partial charge in [0.1, 0.15) is 11.5 Å². The molecule has 2 N–H and O–H groups in total. The van der Waals surface area contributed by atoms with Gasteiger partial charge >= 0.3 is 0 Å². The Balaban J connectivity index is 1.62. The highest BCUT2D eigenvalue weighted by Crippen LogP contribution is 2.33. The van der Waals surface area contributed by atoms with E-state index in [1.54, 1.807) is 7.11 Å². The van der Waals surface area contributed by atoms with Crippen molar-refractivity contribution >= 4 is 29.0 Å². The lowest BCUT2D eigenvalue weighted by Gasteiger charge is -2.35. The third-order valence-corrected chi connectivity index (χ3v) is 6.14. The molecule has 0 saturated carbocycles. The van der Waals surface area contributed by atoms with Gasteiger partial charge in [0, 0.05) is 62.2 Å². The summed E-state index contributed by atoms with van der Waals surface area (Å²) in [6.45, 7) is 5.77. The number of pyridine rings is 1. The van der Waals surface area contributed by atoms with E-state index in [0.29, 0.717) is 37.7 Å². The molecule has 0 spiro atoms. The number of hydrogen-bond donors (Lipinski definition) is 1. The number of carbonyl (C=O) groups is 1. The number of hydrogen-bond acceptors (Lipinski definition) is 5. The molecule has 1 aliphatic heterocycles. The van der Waals surface area contributed by atoms with Crippen LogP contribution in [0.3, 0.4) is 0 Å². The van der Waals surface area contributed by atoms with Crippen molar-refractivity contribution in [1.29, 1.82) is 0 Å². The number of aryl methyl sites for hydroxylation is 1. The number of fused-ring (bicyclic) bond motifs is 1. The number of benzene rings is 1. The molecular formula is C23H28ClN5O2. The second-order valence-electron chi connectivity index (χ2n) is 7.86. The monoisotopic (exact) mass is 441 g/mol. The minimum absolute atomic E-state index is 0.142. The summed E-state index contributed by atoms with van der Waals surface area (Å²) in [7, 11) is 1.62. The van der Waals surface area contributed by atoms with Gasteiger partial charge in [-0.05, 0) is 30.2 Å². The number of anilines is 1. The van der Waals surface area contributed by atoms with Crippen LogP contribution in [0.1, 0.15) is 17.5 Å². The second kappa shape index (κ2) is 9.26. The Hall–Kier alpha value is -2.61. The molecule has 31 heavy (non-hydrogen) atoms. The number of imidazole rings is 1. The molecular weight excluding hydrogens is 414 g/mol. The Morgan fingerprint density at radius 1 is 1.19 bits per heavy atom. The number of rotatable bonds is 6. The summed E-state index contributed by atoms with van der Waals surface area (Å²) in [5.74, 6) is 1.15. The molecule has 3 heterocycles. The minimum atomic E-state index is 0.142. The summed E-state index contributed by atoms with van der Waals surface area (Å²) in [5.41, 5.74) is 11.0. The van der Waals surface area contributed by atoms with Crippen LogP contribution in [0.15, 0.2) is 36.7 Å². The lowest BCUT2D eigenvalue weighted by molar-refractivity contribution is -0.132. The van der Waals surface area contributed by atoms with Crippen LogP contribution < -0.4 is 10.6 Å². The topological polar surface area (TPSA) is 76.1 Å². The molecule has 1 amide bonds. The van der Waals surface area contributed by atoms with Crippen LogP contribution in [-0.4, -0.2) is 60.1 Å². The normalized spacial score (nSPS) is 14.5. The molecule has 8 heteroatoms. The second-order valence-corrected chi connectivity index (χ2v) is 8.26. The summed E-state index contributed by atoms with van der Waals surface area (Å²) in [6, 6.07) is 8.09. The number of carbonyl (C=O) groups excluding carboxylic acids is 1. The molecule has 164 valence electrons. The van der Waals surface area contributed by atoms with Gasteiger partial charge in [-0.25, -0.2) is 4.98 Å². The average Bonchev–Trinajstić information content (AvgIpc) is 3.19. The van der Waals surface area contributed by atoms with E-state index in [0.717, 1.165) is 46.8 Å². The van der Waals surface area contributed by atoms with Gasteiger partial charge in [-0.2, -0.15) is 0 Å². The molecule has 1 aliphatic rings. The number of methoxy groups -OCH3 is 1. The van der Waals surface area contributed by atoms with Crippen LogP contribution in [0.25, 0.3) is 16.8 Å². The quantitative estimate of drug-likeness (QED) is 0.636. The summed E-state index contributed by atoms with van der Waals surface area (Å²) in [4.78, 5) is 21.1. The molecule has 4 rings (SSSR count). The zero-order valence-corrected chi connectivity index (χ0v) is 18.7. The van der Waals surface area contributed by atoms with Crippen LogP contribution in [0, 0.1) is 6.92 Å². The molecule has 0 bridgehead atoms. The van der Waals surface area contributed by atoms with Crippen LogP contribution in [0.5, 0.6) is 0 Å². The van der Waals surface area contributed by atoms with Crippen molar-refractivity contribution in [3.63, 3.8) is 0 Å². The highest BCUT2D eigenvalue weighted by atomic mass is 35.5. The maximum absolute atomic E-state index is 12.3. The average molecular weight is 442 g/mol. The number of ether oxygens (including phenoxy) is 1. The Morgan fingerprint density at radius 2 is 1.97 bits per heavy atom. The minimum Gasteiger partial charge on any atom is -0.384 e. The van der Waals surface area contributed by atoms with Gasteiger partial charge in [0.25, 0.3) is 0 Å². The first kappa shape index (κ1) is 21.6. The fraction of sp³-hybridized carbons (Fsp3) is 0.391. The lowest BCUT2D eigenvalue weighted by Crippen LogP contribution is -2.49. The summed E-state index contributed by atoms with van der Waals surface area (Å²) in [5, 5.41) is 0.707. The molecule has 2 aromatic heterocycles. The smallest absolute Gasteiger partial charge is 0.225 e. The van der Waals surface area contributed by atoms with E-state index in [1.165, 1.54) is 0 Å². The van der Waals surface area contributed by atoms with E-state index >= 15 is 0 Å². The molecule has 0 radical (unpaired) electrons. The van der Waals surface area contributed by atoms with Crippen molar-refractivity contribution in [1.82, 2.24) is 14.3 Å². The molecule has 7 nitrogen and oxygen atoms in total. The van der Waals surface area contributed by atoms with E-state index in [9.17, 15) is 4.79 Å². The van der Waals surface area contributed by atoms with E-state index in [-0.39, 0.29) is 5.91 Å². The van der Waals surface area contributed by atoms with Gasteiger partial charge in [0.05, 0.1) is 19.2 Å². The van der Waals surface area contributed by atoms with Gasteiger partial charge in [-0.1, -0.05) is 23.7 Å². The van der Waals surface area contributed by atoms with E-state index < -0.39 is 0 Å². The van der Waals surface area contributed by atoms with Crippen molar-refractivity contribution in [2.24, 2.45) is 5.73 Å². The summed E-state index contributed by atoms with van der Waals surface area (Å²) >= 11 is 6.57. The Kier molecular flexibility index (Phi) is 6.46. The third kappa shape index (κ3) is 4.39. The molecule has 1 aromatic carbocycles. The molecule has 3 aromatic rings. The summed E-state index contributed by atoms with van der Waals surface area (Å²) in [6.07, 6.45) is 4.39. The number of aromatic nitrogens is 2. The zero-order chi connectivity index (χ0) is 22.0. The van der Waals surface area contributed by atoms with Crippen LogP contribution in [0.4, 0.5) is 5.82 Å². The number of nitrogens with two attached hydrogens (primary N) is 1. The van der Waals surface area contributed by atoms with Gasteiger partial charge in [-0.15, -0.1) is 0 Å². The van der Waals surface area contributed by atoms with Crippen molar-refractivity contribution in [2.45, 2.75) is 19.9 Å². The number of piperazine rings is 1. The van der Waals surface area contributed by atoms with Gasteiger partial charge in [0.15, 0.2) is 0 Å². The maximum atomic E-state index is 12.3. The van der Waals surface area contributed by atoms with Crippen LogP contribution in [-0.2, 0) is 16.1 Å². The third-order valence-electron chi connectivity index (χ3n) is 5.82. The first-order valence-electron chi connectivity index (χ1n) is 10.5. The number of halogens is 1. The van der Waals surface area contributed by atoms with E-state index in [1.807, 2.05) is 36.2 Å². The molecule has 0 atom stereocenters. The van der Waals surface area contributed by atoms with Gasteiger partial charge in [0.2, 0.25) is 5.91 Å². The highest BCUT2D eigenvalue weighted by Gasteiger charge is 2.23. The van der Waals surface area contributed by atoms with Crippen molar-refractivity contribution in [3.8, 4) is 11.1 Å². The van der Waals surface area contributed by atoms with Crippen molar-refractivity contribution in [3.05, 3.63) is 52.8 Å². The SMILES string of the molecule is COCCC(=O)N1CCN(c2cnc3cc(CN)c(-c4ccc(C)cc4Cl)cn23)CC1. The molecule has 0 aliphatic carbocycles. The first-order chi connectivity index (χ1) is 15.0. The predicted molar refractivity (Wildman–Crippen MR) is 124 cm³/mol. The molecule has 1 fully saturated rings. The standard InChI is InChI=1S/C23H28ClN5O2/c1-16-3-4-18(20(24)11-16)19-15-29-21(12-17(19)13-25)26-14-22(29)27-6-8-28(9-7-27)23(30)5-10-31-2/h3-4,11-12,14-15H,5-10,13,25H2,1-2H3. The van der Waals surface area contributed by atoms with Crippen molar-refractivity contribution < 1.29 is 9.53 Å². The fourth-order valence-electron chi connectivity index (χ4n) is 4.07. The Labute approximate surface area is 187 Å². The highest BCUT2D eigenvalue weighted by molar-refractivity contribution is 6.33. The predicted octanol–water partition coefficient (Wildman–Crippen LogP) is 3.11. The number of amides is 1. The number of nitrogens with zero attached hydrogens (tertiary/aromatic N) is 4. The summed E-state index contributed by atoms with van der Waals surface area (Å²) < 4.78 is 7.12. The first-order valence-corrected chi connectivity index (χ1v) is 10.9. The van der Waals surface area contributed by atoms with Gasteiger partial charge < -0.3 is 20.3 Å². The fourth-order valence-corrected chi connectivity index (χ4v) is 4.40.